The Labute approximate surface area is 180 Å². The highest BCUT2D eigenvalue weighted by Gasteiger charge is 2.22. The molecule has 0 aromatic heterocycles. The van der Waals surface area contributed by atoms with Crippen molar-refractivity contribution in [3.63, 3.8) is 0 Å². The van der Waals surface area contributed by atoms with E-state index in [4.69, 9.17) is 4.74 Å². The van der Waals surface area contributed by atoms with Gasteiger partial charge >= 0.3 is 0 Å². The van der Waals surface area contributed by atoms with E-state index in [1.54, 1.807) is 12.1 Å². The van der Waals surface area contributed by atoms with Crippen LogP contribution in [0.25, 0.3) is 10.8 Å². The lowest BCUT2D eigenvalue weighted by molar-refractivity contribution is 0.289. The van der Waals surface area contributed by atoms with Crippen LogP contribution in [0.2, 0.25) is 0 Å². The first kappa shape index (κ1) is 21.7. The Hall–Kier alpha value is -2.56. The molecule has 0 spiro atoms. The number of ether oxygens (including phenoxy) is 1. The summed E-state index contributed by atoms with van der Waals surface area (Å²) < 4.78 is 60.2. The molecule has 4 rings (SSSR count). The summed E-state index contributed by atoms with van der Waals surface area (Å²) in [5.74, 6) is -3.30. The second-order valence-corrected chi connectivity index (χ2v) is 8.53. The van der Waals surface area contributed by atoms with Crippen molar-refractivity contribution in [1.29, 1.82) is 0 Å². The minimum Gasteiger partial charge on any atom is -0.486 e. The maximum atomic E-state index is 15.0. The van der Waals surface area contributed by atoms with Crippen LogP contribution < -0.4 is 4.74 Å². The SMILES string of the molecule is CCCC1CCC(c2ccc3c(F)c(OCc4cc(F)c(F)c(F)c4)ccc3c2)CC1. The van der Waals surface area contributed by atoms with E-state index in [2.05, 4.69) is 13.0 Å². The Balaban J connectivity index is 1.49. The van der Waals surface area contributed by atoms with Gasteiger partial charge in [0.15, 0.2) is 29.0 Å². The van der Waals surface area contributed by atoms with Gasteiger partial charge in [-0.2, -0.15) is 0 Å². The van der Waals surface area contributed by atoms with Crippen LogP contribution in [0.15, 0.2) is 42.5 Å². The van der Waals surface area contributed by atoms with Crippen LogP contribution in [0.5, 0.6) is 5.75 Å². The largest absolute Gasteiger partial charge is 0.486 e. The van der Waals surface area contributed by atoms with Crippen molar-refractivity contribution in [3.05, 3.63) is 76.9 Å². The molecule has 0 saturated heterocycles. The normalized spacial score (nSPS) is 19.0. The molecular weight excluding hydrogens is 404 g/mol. The van der Waals surface area contributed by atoms with Gasteiger partial charge in [-0.3, -0.25) is 0 Å². The summed E-state index contributed by atoms with van der Waals surface area (Å²) in [5.41, 5.74) is 1.33. The predicted octanol–water partition coefficient (Wildman–Crippen LogP) is 8.05. The van der Waals surface area contributed by atoms with Crippen molar-refractivity contribution in [1.82, 2.24) is 0 Å². The van der Waals surface area contributed by atoms with Crippen LogP contribution in [0.1, 0.15) is 62.5 Å². The molecule has 31 heavy (non-hydrogen) atoms. The maximum absolute atomic E-state index is 15.0. The van der Waals surface area contributed by atoms with E-state index < -0.39 is 23.3 Å². The van der Waals surface area contributed by atoms with Gasteiger partial charge in [0.1, 0.15) is 6.61 Å². The third-order valence-electron chi connectivity index (χ3n) is 6.40. The number of halogens is 4. The highest BCUT2D eigenvalue weighted by atomic mass is 19.2. The molecule has 5 heteroatoms. The lowest BCUT2D eigenvalue weighted by Gasteiger charge is -2.28. The topological polar surface area (TPSA) is 9.23 Å². The molecule has 1 aliphatic rings. The van der Waals surface area contributed by atoms with E-state index in [0.29, 0.717) is 11.3 Å². The van der Waals surface area contributed by atoms with Crippen LogP contribution in [0.4, 0.5) is 17.6 Å². The molecule has 0 aliphatic heterocycles. The van der Waals surface area contributed by atoms with Gasteiger partial charge in [-0.05, 0) is 72.2 Å². The zero-order valence-corrected chi connectivity index (χ0v) is 17.6. The number of hydrogen-bond donors (Lipinski definition) is 0. The third kappa shape index (κ3) is 4.70. The molecule has 1 saturated carbocycles. The van der Waals surface area contributed by atoms with Crippen molar-refractivity contribution in [2.24, 2.45) is 5.92 Å². The summed E-state index contributed by atoms with van der Waals surface area (Å²) in [6.07, 6.45) is 7.38. The molecule has 0 radical (unpaired) electrons. The number of rotatable bonds is 6. The standard InChI is InChI=1S/C26H26F4O/c1-2-3-16-4-6-18(7-5-16)19-8-10-21-20(14-19)9-11-24(25(21)29)31-15-17-12-22(27)26(30)23(28)13-17/h8-14,16,18H,2-7,15H2,1H3. The first-order chi connectivity index (χ1) is 15.0. The lowest BCUT2D eigenvalue weighted by atomic mass is 9.77. The summed E-state index contributed by atoms with van der Waals surface area (Å²) in [5, 5.41) is 1.24. The van der Waals surface area contributed by atoms with E-state index in [-0.39, 0.29) is 17.9 Å². The predicted molar refractivity (Wildman–Crippen MR) is 114 cm³/mol. The minimum absolute atomic E-state index is 0.00883. The van der Waals surface area contributed by atoms with Gasteiger partial charge in [0.2, 0.25) is 0 Å². The quantitative estimate of drug-likeness (QED) is 0.284. The zero-order chi connectivity index (χ0) is 22.0. The fourth-order valence-electron chi connectivity index (χ4n) is 4.70. The Morgan fingerprint density at radius 3 is 2.23 bits per heavy atom. The Morgan fingerprint density at radius 2 is 1.55 bits per heavy atom. The molecule has 0 unspecified atom stereocenters. The van der Waals surface area contributed by atoms with Crippen molar-refractivity contribution >= 4 is 10.8 Å². The van der Waals surface area contributed by atoms with E-state index in [1.807, 2.05) is 6.07 Å². The highest BCUT2D eigenvalue weighted by molar-refractivity contribution is 5.85. The third-order valence-corrected chi connectivity index (χ3v) is 6.40. The van der Waals surface area contributed by atoms with Gasteiger partial charge < -0.3 is 4.74 Å². The molecule has 0 amide bonds. The molecule has 0 bridgehead atoms. The van der Waals surface area contributed by atoms with Crippen LogP contribution in [0, 0.1) is 29.2 Å². The van der Waals surface area contributed by atoms with E-state index in [1.165, 1.54) is 50.2 Å². The van der Waals surface area contributed by atoms with E-state index in [9.17, 15) is 17.6 Å². The second kappa shape index (κ2) is 9.29. The number of benzene rings is 3. The summed E-state index contributed by atoms with van der Waals surface area (Å²) >= 11 is 0. The Kier molecular flexibility index (Phi) is 6.49. The van der Waals surface area contributed by atoms with Crippen LogP contribution in [0.3, 0.4) is 0 Å². The van der Waals surface area contributed by atoms with Gasteiger partial charge in [0.25, 0.3) is 0 Å². The number of hydrogen-bond acceptors (Lipinski definition) is 1. The van der Waals surface area contributed by atoms with Crippen molar-refractivity contribution in [3.8, 4) is 5.75 Å². The van der Waals surface area contributed by atoms with E-state index >= 15 is 0 Å². The molecule has 0 atom stereocenters. The molecule has 1 aliphatic carbocycles. The molecule has 3 aromatic carbocycles. The first-order valence-corrected chi connectivity index (χ1v) is 10.9. The average molecular weight is 430 g/mol. The molecule has 0 heterocycles. The molecule has 164 valence electrons. The van der Waals surface area contributed by atoms with Gasteiger partial charge in [0, 0.05) is 5.39 Å². The maximum Gasteiger partial charge on any atom is 0.194 e. The van der Waals surface area contributed by atoms with Gasteiger partial charge in [-0.15, -0.1) is 0 Å². The van der Waals surface area contributed by atoms with E-state index in [0.717, 1.165) is 23.4 Å². The minimum atomic E-state index is -1.53. The van der Waals surface area contributed by atoms with Crippen LogP contribution in [-0.4, -0.2) is 0 Å². The van der Waals surface area contributed by atoms with Crippen molar-refractivity contribution < 1.29 is 22.3 Å². The summed E-state index contributed by atoms with van der Waals surface area (Å²) in [6.45, 7) is 1.97. The van der Waals surface area contributed by atoms with Crippen molar-refractivity contribution in [2.75, 3.05) is 0 Å². The molecule has 1 nitrogen and oxygen atoms in total. The van der Waals surface area contributed by atoms with Crippen LogP contribution in [-0.2, 0) is 6.61 Å². The monoisotopic (exact) mass is 430 g/mol. The summed E-state index contributed by atoms with van der Waals surface area (Å²) in [7, 11) is 0. The highest BCUT2D eigenvalue weighted by Crippen LogP contribution is 2.39. The molecular formula is C26H26F4O. The Morgan fingerprint density at radius 1 is 0.839 bits per heavy atom. The fraction of sp³-hybridized carbons (Fsp3) is 0.385. The van der Waals surface area contributed by atoms with Crippen molar-refractivity contribution in [2.45, 2.75) is 58.0 Å². The first-order valence-electron chi connectivity index (χ1n) is 10.9. The molecule has 1 fully saturated rings. The smallest absolute Gasteiger partial charge is 0.194 e. The summed E-state index contributed by atoms with van der Waals surface area (Å²) in [4.78, 5) is 0. The zero-order valence-electron chi connectivity index (χ0n) is 17.6. The van der Waals surface area contributed by atoms with Gasteiger partial charge in [0.05, 0.1) is 0 Å². The molecule has 0 N–H and O–H groups in total. The van der Waals surface area contributed by atoms with Crippen LogP contribution >= 0.6 is 0 Å². The fourth-order valence-corrected chi connectivity index (χ4v) is 4.70. The van der Waals surface area contributed by atoms with Gasteiger partial charge in [-0.1, -0.05) is 44.0 Å². The summed E-state index contributed by atoms with van der Waals surface area (Å²) in [6, 6.07) is 10.8. The number of fused-ring (bicyclic) bond motifs is 1. The Bertz CT molecular complexity index is 1050. The van der Waals surface area contributed by atoms with Gasteiger partial charge in [-0.25, -0.2) is 17.6 Å². The average Bonchev–Trinajstić information content (AvgIpc) is 2.77. The lowest BCUT2D eigenvalue weighted by Crippen LogP contribution is -2.13. The second-order valence-electron chi connectivity index (χ2n) is 8.53. The molecule has 3 aromatic rings.